The summed E-state index contributed by atoms with van der Waals surface area (Å²) in [5, 5.41) is -0.226. The Kier molecular flexibility index (Phi) is 3.93. The van der Waals surface area contributed by atoms with Crippen LogP contribution in [0.15, 0.2) is 41.1 Å². The number of fused-ring (bicyclic) bond motifs is 1. The molecule has 0 amide bonds. The summed E-state index contributed by atoms with van der Waals surface area (Å²) in [6, 6.07) is 8.45. The molecular formula is C19H16ClNO3. The van der Waals surface area contributed by atoms with Gasteiger partial charge in [0.05, 0.1) is 5.69 Å². The normalized spacial score (nSPS) is 14.0. The molecule has 0 spiro atoms. The van der Waals surface area contributed by atoms with Crippen LogP contribution >= 0.6 is 11.6 Å². The summed E-state index contributed by atoms with van der Waals surface area (Å²) in [4.78, 5) is 25.1. The van der Waals surface area contributed by atoms with Gasteiger partial charge in [-0.2, -0.15) is 0 Å². The van der Waals surface area contributed by atoms with Gasteiger partial charge < -0.3 is 10.5 Å². The SMILES string of the molecule is Cc1cc(C)c(OC2=C(Cl)C(=O)c3ccccc3C2=O)c(N)c1C. The summed E-state index contributed by atoms with van der Waals surface area (Å²) in [6.07, 6.45) is 0. The Bertz CT molecular complexity index is 928. The molecule has 2 N–H and O–H groups in total. The number of halogens is 1. The molecule has 0 atom stereocenters. The third-order valence-corrected chi connectivity index (χ3v) is 4.60. The molecule has 4 nitrogen and oxygen atoms in total. The van der Waals surface area contributed by atoms with Crippen molar-refractivity contribution in [3.8, 4) is 5.75 Å². The summed E-state index contributed by atoms with van der Waals surface area (Å²) in [5.41, 5.74) is 9.79. The molecule has 1 aliphatic carbocycles. The first-order valence-corrected chi connectivity index (χ1v) is 7.83. The number of Topliss-reactive ketones (excluding diaryl/α,β-unsaturated/α-hetero) is 2. The van der Waals surface area contributed by atoms with Crippen molar-refractivity contribution >= 4 is 28.9 Å². The molecule has 122 valence electrons. The third-order valence-electron chi connectivity index (χ3n) is 4.26. The number of anilines is 1. The monoisotopic (exact) mass is 341 g/mol. The standard InChI is InChI=1S/C19H16ClNO3/c1-9-8-10(2)18(15(21)11(9)3)24-19-14(20)16(22)12-6-4-5-7-13(12)17(19)23/h4-8H,21H2,1-3H3. The first-order chi connectivity index (χ1) is 11.3. The number of rotatable bonds is 2. The molecule has 0 aromatic heterocycles. The van der Waals surface area contributed by atoms with E-state index in [-0.39, 0.29) is 21.9 Å². The van der Waals surface area contributed by atoms with E-state index in [1.165, 1.54) is 0 Å². The van der Waals surface area contributed by atoms with Gasteiger partial charge in [-0.15, -0.1) is 0 Å². The van der Waals surface area contributed by atoms with Crippen molar-refractivity contribution in [1.82, 2.24) is 0 Å². The van der Waals surface area contributed by atoms with Crippen LogP contribution in [0.4, 0.5) is 5.69 Å². The molecule has 5 heteroatoms. The average molecular weight is 342 g/mol. The van der Waals surface area contributed by atoms with Gasteiger partial charge in [0.15, 0.2) is 11.5 Å². The van der Waals surface area contributed by atoms with E-state index in [4.69, 9.17) is 22.1 Å². The highest BCUT2D eigenvalue weighted by atomic mass is 35.5. The number of nitrogen functional groups attached to an aromatic ring is 1. The molecule has 0 saturated carbocycles. The molecule has 0 unspecified atom stereocenters. The van der Waals surface area contributed by atoms with E-state index >= 15 is 0 Å². The van der Waals surface area contributed by atoms with Gasteiger partial charge in [0.2, 0.25) is 11.6 Å². The Morgan fingerprint density at radius 2 is 1.54 bits per heavy atom. The van der Waals surface area contributed by atoms with Crippen LogP contribution in [0, 0.1) is 20.8 Å². The quantitative estimate of drug-likeness (QED) is 0.835. The number of allylic oxidation sites excluding steroid dienone is 2. The average Bonchev–Trinajstić information content (AvgIpc) is 2.57. The van der Waals surface area contributed by atoms with E-state index in [1.807, 2.05) is 26.8 Å². The molecule has 1 aliphatic rings. The predicted molar refractivity (Wildman–Crippen MR) is 93.7 cm³/mol. The minimum atomic E-state index is -0.429. The molecule has 2 aromatic carbocycles. The Morgan fingerprint density at radius 3 is 2.17 bits per heavy atom. The minimum Gasteiger partial charge on any atom is -0.449 e. The second-order valence-electron chi connectivity index (χ2n) is 5.83. The number of hydrogen-bond donors (Lipinski definition) is 1. The first-order valence-electron chi connectivity index (χ1n) is 7.45. The lowest BCUT2D eigenvalue weighted by molar-refractivity contribution is 0.0943. The van der Waals surface area contributed by atoms with Crippen LogP contribution in [0.25, 0.3) is 0 Å². The van der Waals surface area contributed by atoms with E-state index in [0.29, 0.717) is 11.4 Å². The van der Waals surface area contributed by atoms with E-state index in [0.717, 1.165) is 16.7 Å². The number of ether oxygens (including phenoxy) is 1. The van der Waals surface area contributed by atoms with Crippen molar-refractivity contribution in [2.24, 2.45) is 0 Å². The van der Waals surface area contributed by atoms with Gasteiger partial charge in [0.1, 0.15) is 5.03 Å². The van der Waals surface area contributed by atoms with Gasteiger partial charge >= 0.3 is 0 Å². The Hall–Kier alpha value is -2.59. The second-order valence-corrected chi connectivity index (χ2v) is 6.21. The highest BCUT2D eigenvalue weighted by Gasteiger charge is 2.33. The number of carbonyl (C=O) groups excluding carboxylic acids is 2. The van der Waals surface area contributed by atoms with Gasteiger partial charge in [-0.3, -0.25) is 9.59 Å². The molecule has 0 saturated heterocycles. The molecule has 0 bridgehead atoms. The van der Waals surface area contributed by atoms with Gasteiger partial charge in [0.25, 0.3) is 0 Å². The van der Waals surface area contributed by atoms with E-state index in [2.05, 4.69) is 0 Å². The summed E-state index contributed by atoms with van der Waals surface area (Å²) >= 11 is 6.12. The minimum absolute atomic E-state index is 0.182. The molecule has 0 heterocycles. The van der Waals surface area contributed by atoms with Crippen molar-refractivity contribution in [2.75, 3.05) is 5.73 Å². The van der Waals surface area contributed by atoms with Crippen LogP contribution in [0.1, 0.15) is 37.4 Å². The maximum atomic E-state index is 12.7. The Balaban J connectivity index is 2.12. The van der Waals surface area contributed by atoms with Gasteiger partial charge in [-0.25, -0.2) is 0 Å². The van der Waals surface area contributed by atoms with Crippen molar-refractivity contribution < 1.29 is 14.3 Å². The topological polar surface area (TPSA) is 69.4 Å². The van der Waals surface area contributed by atoms with Crippen molar-refractivity contribution in [1.29, 1.82) is 0 Å². The van der Waals surface area contributed by atoms with Gasteiger partial charge in [-0.1, -0.05) is 41.9 Å². The smallest absolute Gasteiger partial charge is 0.230 e. The van der Waals surface area contributed by atoms with E-state index in [1.54, 1.807) is 24.3 Å². The van der Waals surface area contributed by atoms with Crippen molar-refractivity contribution in [2.45, 2.75) is 20.8 Å². The molecule has 0 aliphatic heterocycles. The summed E-state index contributed by atoms with van der Waals surface area (Å²) < 4.78 is 5.76. The Morgan fingerprint density at radius 1 is 0.958 bits per heavy atom. The molecule has 0 fully saturated rings. The van der Waals surface area contributed by atoms with Crippen LogP contribution < -0.4 is 10.5 Å². The fraction of sp³-hybridized carbons (Fsp3) is 0.158. The summed E-state index contributed by atoms with van der Waals surface area (Å²) in [7, 11) is 0. The number of ketones is 2. The van der Waals surface area contributed by atoms with E-state index in [9.17, 15) is 9.59 Å². The van der Waals surface area contributed by atoms with Crippen LogP contribution in [0.2, 0.25) is 0 Å². The third kappa shape index (κ3) is 2.39. The lowest BCUT2D eigenvalue weighted by Crippen LogP contribution is -2.23. The number of aryl methyl sites for hydroxylation is 2. The second kappa shape index (κ2) is 5.80. The Labute approximate surface area is 144 Å². The van der Waals surface area contributed by atoms with Crippen LogP contribution in [0.5, 0.6) is 5.75 Å². The lowest BCUT2D eigenvalue weighted by Gasteiger charge is -2.20. The molecule has 3 rings (SSSR count). The fourth-order valence-electron chi connectivity index (χ4n) is 2.74. The number of benzene rings is 2. The van der Waals surface area contributed by atoms with Crippen molar-refractivity contribution in [3.05, 3.63) is 68.9 Å². The van der Waals surface area contributed by atoms with Crippen LogP contribution in [-0.2, 0) is 0 Å². The van der Waals surface area contributed by atoms with Crippen LogP contribution in [-0.4, -0.2) is 11.6 Å². The zero-order valence-electron chi connectivity index (χ0n) is 13.6. The fourth-order valence-corrected chi connectivity index (χ4v) is 2.97. The maximum Gasteiger partial charge on any atom is 0.230 e. The zero-order valence-corrected chi connectivity index (χ0v) is 14.3. The summed E-state index contributed by atoms with van der Waals surface area (Å²) in [6.45, 7) is 5.64. The molecule has 24 heavy (non-hydrogen) atoms. The predicted octanol–water partition coefficient (Wildman–Crippen LogP) is 4.10. The number of hydrogen-bond acceptors (Lipinski definition) is 4. The first kappa shape index (κ1) is 16.3. The number of nitrogens with two attached hydrogens (primary N) is 1. The number of carbonyl (C=O) groups is 2. The zero-order chi connectivity index (χ0) is 17.6. The lowest BCUT2D eigenvalue weighted by atomic mass is 9.93. The maximum absolute atomic E-state index is 12.7. The molecule has 2 aromatic rings. The molecular weight excluding hydrogens is 326 g/mol. The largest absolute Gasteiger partial charge is 0.449 e. The van der Waals surface area contributed by atoms with E-state index < -0.39 is 11.6 Å². The van der Waals surface area contributed by atoms with Gasteiger partial charge in [-0.05, 0) is 37.5 Å². The van der Waals surface area contributed by atoms with Crippen molar-refractivity contribution in [3.63, 3.8) is 0 Å². The summed E-state index contributed by atoms with van der Waals surface area (Å²) in [5.74, 6) is -0.681. The highest BCUT2D eigenvalue weighted by molar-refractivity contribution is 6.49. The van der Waals surface area contributed by atoms with Gasteiger partial charge in [0, 0.05) is 11.1 Å². The highest BCUT2D eigenvalue weighted by Crippen LogP contribution is 2.36. The molecule has 0 radical (unpaired) electrons. The van der Waals surface area contributed by atoms with Crippen LogP contribution in [0.3, 0.4) is 0 Å².